The summed E-state index contributed by atoms with van der Waals surface area (Å²) < 4.78 is 33.3. The molecule has 5 rings (SSSR count). The molecule has 194 valence electrons. The first-order chi connectivity index (χ1) is 17.7. The number of carbonyl (C=O) groups is 3. The minimum Gasteiger partial charge on any atom is -0.451 e. The van der Waals surface area contributed by atoms with Crippen molar-refractivity contribution in [2.45, 2.75) is 56.1 Å². The average Bonchev–Trinajstić information content (AvgIpc) is 3.58. The van der Waals surface area contributed by atoms with Gasteiger partial charge in [-0.2, -0.15) is 4.31 Å². The fourth-order valence-corrected chi connectivity index (χ4v) is 6.93. The molecule has 3 unspecified atom stereocenters. The van der Waals surface area contributed by atoms with Crippen LogP contribution in [0.3, 0.4) is 0 Å². The largest absolute Gasteiger partial charge is 0.451 e. The van der Waals surface area contributed by atoms with Crippen LogP contribution in [0.2, 0.25) is 0 Å². The number of nitrogens with one attached hydrogen (secondary N) is 1. The van der Waals surface area contributed by atoms with Crippen molar-refractivity contribution in [2.24, 2.45) is 0 Å². The Bertz CT molecular complexity index is 1470. The van der Waals surface area contributed by atoms with Crippen molar-refractivity contribution in [1.82, 2.24) is 19.5 Å². The molecule has 0 saturated carbocycles. The van der Waals surface area contributed by atoms with Crippen molar-refractivity contribution in [2.75, 3.05) is 13.1 Å². The molecule has 0 bridgehead atoms. The van der Waals surface area contributed by atoms with E-state index < -0.39 is 40.0 Å². The van der Waals surface area contributed by atoms with Crippen LogP contribution in [0.5, 0.6) is 0 Å². The number of benzene rings is 1. The van der Waals surface area contributed by atoms with Gasteiger partial charge in [-0.05, 0) is 38.0 Å². The lowest BCUT2D eigenvalue weighted by molar-refractivity contribution is -0.138. The molecule has 2 aliphatic rings. The molecule has 0 spiro atoms. The molecule has 0 aliphatic carbocycles. The first kappa shape index (κ1) is 25.1. The fourth-order valence-electron chi connectivity index (χ4n) is 5.34. The number of rotatable bonds is 7. The monoisotopic (exact) mass is 524 g/mol. The third-order valence-electron chi connectivity index (χ3n) is 7.13. The van der Waals surface area contributed by atoms with Gasteiger partial charge in [-0.1, -0.05) is 31.5 Å². The quantitative estimate of drug-likeness (QED) is 0.502. The summed E-state index contributed by atoms with van der Waals surface area (Å²) in [6, 6.07) is 7.85. The lowest BCUT2D eigenvalue weighted by Gasteiger charge is -2.28. The van der Waals surface area contributed by atoms with E-state index in [1.54, 1.807) is 13.0 Å². The molecule has 2 saturated heterocycles. The Morgan fingerprint density at radius 1 is 1.22 bits per heavy atom. The molecule has 3 aromatic rings. The Morgan fingerprint density at radius 2 is 2.00 bits per heavy atom. The Kier molecular flexibility index (Phi) is 6.59. The summed E-state index contributed by atoms with van der Waals surface area (Å²) in [4.78, 5) is 45.1. The first-order valence-corrected chi connectivity index (χ1v) is 13.7. The van der Waals surface area contributed by atoms with E-state index in [-0.39, 0.29) is 29.5 Å². The van der Waals surface area contributed by atoms with Crippen LogP contribution < -0.4 is 5.32 Å². The standard InChI is InChI=1S/C26H28N4O6S/c1-3-7-19(28-25(32)24-16(2)18-9-4-5-10-22(18)36-24)26(33)29-13-11-20-23(29)21(31)15-30(20)37(34,35)17-8-6-12-27-14-17/h4-6,8-10,12,14,19-20,23H,3,7,11,13,15H2,1-2H3,(H,28,32). The van der Waals surface area contributed by atoms with Crippen LogP contribution >= 0.6 is 0 Å². The molecule has 3 atom stereocenters. The van der Waals surface area contributed by atoms with E-state index in [9.17, 15) is 22.8 Å². The summed E-state index contributed by atoms with van der Waals surface area (Å²) in [7, 11) is -3.95. The molecular weight excluding hydrogens is 496 g/mol. The van der Waals surface area contributed by atoms with E-state index in [1.807, 2.05) is 25.1 Å². The summed E-state index contributed by atoms with van der Waals surface area (Å²) in [6.07, 6.45) is 4.04. The summed E-state index contributed by atoms with van der Waals surface area (Å²) >= 11 is 0. The van der Waals surface area contributed by atoms with Crippen LogP contribution in [0.25, 0.3) is 11.0 Å². The maximum absolute atomic E-state index is 13.6. The average molecular weight is 525 g/mol. The van der Waals surface area contributed by atoms with Crippen LogP contribution in [0.4, 0.5) is 0 Å². The van der Waals surface area contributed by atoms with E-state index in [0.717, 1.165) is 5.39 Å². The van der Waals surface area contributed by atoms with Gasteiger partial charge in [0.15, 0.2) is 11.5 Å². The van der Waals surface area contributed by atoms with Gasteiger partial charge in [0.1, 0.15) is 22.6 Å². The van der Waals surface area contributed by atoms with Gasteiger partial charge < -0.3 is 14.6 Å². The van der Waals surface area contributed by atoms with Crippen LogP contribution in [-0.2, 0) is 19.6 Å². The van der Waals surface area contributed by atoms with Gasteiger partial charge in [-0.3, -0.25) is 19.4 Å². The summed E-state index contributed by atoms with van der Waals surface area (Å²) in [5, 5.41) is 3.62. The predicted octanol–water partition coefficient (Wildman–Crippen LogP) is 2.28. The van der Waals surface area contributed by atoms with E-state index in [0.29, 0.717) is 30.4 Å². The second kappa shape index (κ2) is 9.71. The van der Waals surface area contributed by atoms with Crippen LogP contribution in [0, 0.1) is 6.92 Å². The van der Waals surface area contributed by atoms with Crippen molar-refractivity contribution >= 4 is 38.6 Å². The zero-order chi connectivity index (χ0) is 26.3. The number of para-hydroxylation sites is 1. The number of hydrogen-bond acceptors (Lipinski definition) is 7. The number of Topliss-reactive ketones (excluding diaryl/α,β-unsaturated/α-hetero) is 1. The number of nitrogens with zero attached hydrogens (tertiary/aromatic N) is 3. The smallest absolute Gasteiger partial charge is 0.287 e. The second-order valence-electron chi connectivity index (χ2n) is 9.40. The molecule has 2 aromatic heterocycles. The van der Waals surface area contributed by atoms with Crippen LogP contribution in [0.15, 0.2) is 58.1 Å². The van der Waals surface area contributed by atoms with E-state index in [1.165, 1.54) is 33.7 Å². The SMILES string of the molecule is CCCC(NC(=O)c1oc2ccccc2c1C)C(=O)N1CCC2C1C(=O)CN2S(=O)(=O)c1cccnc1. The molecule has 4 heterocycles. The van der Waals surface area contributed by atoms with Gasteiger partial charge in [0.2, 0.25) is 15.9 Å². The number of aromatic nitrogens is 1. The highest BCUT2D eigenvalue weighted by molar-refractivity contribution is 7.89. The van der Waals surface area contributed by atoms with E-state index >= 15 is 0 Å². The molecular formula is C26H28N4O6S. The van der Waals surface area contributed by atoms with Crippen molar-refractivity contribution in [1.29, 1.82) is 0 Å². The lowest BCUT2D eigenvalue weighted by atomic mass is 10.1. The normalized spacial score (nSPS) is 20.8. The highest BCUT2D eigenvalue weighted by Crippen LogP contribution is 2.34. The van der Waals surface area contributed by atoms with Crippen molar-refractivity contribution in [3.63, 3.8) is 0 Å². The number of sulfonamides is 1. The first-order valence-electron chi connectivity index (χ1n) is 12.3. The number of aryl methyl sites for hydroxylation is 1. The molecule has 2 fully saturated rings. The number of amides is 2. The molecule has 10 nitrogen and oxygen atoms in total. The Balaban J connectivity index is 1.36. The van der Waals surface area contributed by atoms with Gasteiger partial charge >= 0.3 is 0 Å². The van der Waals surface area contributed by atoms with Crippen molar-refractivity contribution in [3.05, 3.63) is 60.1 Å². The number of carbonyl (C=O) groups excluding carboxylic acids is 3. The highest BCUT2D eigenvalue weighted by Gasteiger charge is 2.54. The number of pyridine rings is 1. The maximum atomic E-state index is 13.6. The highest BCUT2D eigenvalue weighted by atomic mass is 32.2. The Labute approximate surface area is 214 Å². The summed E-state index contributed by atoms with van der Waals surface area (Å²) in [5.41, 5.74) is 1.26. The Morgan fingerprint density at radius 3 is 2.70 bits per heavy atom. The minimum atomic E-state index is -3.95. The topological polar surface area (TPSA) is 130 Å². The van der Waals surface area contributed by atoms with Gasteiger partial charge in [-0.25, -0.2) is 8.42 Å². The molecule has 37 heavy (non-hydrogen) atoms. The number of likely N-dealkylation sites (tertiary alicyclic amines) is 1. The maximum Gasteiger partial charge on any atom is 0.287 e. The summed E-state index contributed by atoms with van der Waals surface area (Å²) in [5.74, 6) is -1.10. The molecule has 2 amide bonds. The minimum absolute atomic E-state index is 0.00514. The molecule has 1 N–H and O–H groups in total. The Hall–Kier alpha value is -3.57. The van der Waals surface area contributed by atoms with Gasteiger partial charge in [0.05, 0.1) is 12.6 Å². The molecule has 11 heteroatoms. The predicted molar refractivity (Wildman–Crippen MR) is 134 cm³/mol. The summed E-state index contributed by atoms with van der Waals surface area (Å²) in [6.45, 7) is 3.60. The number of fused-ring (bicyclic) bond motifs is 2. The van der Waals surface area contributed by atoms with Crippen molar-refractivity contribution < 1.29 is 27.2 Å². The van der Waals surface area contributed by atoms with Gasteiger partial charge in [0.25, 0.3) is 5.91 Å². The molecule has 2 aliphatic heterocycles. The molecule has 1 aromatic carbocycles. The van der Waals surface area contributed by atoms with Crippen LogP contribution in [-0.4, -0.2) is 71.4 Å². The third kappa shape index (κ3) is 4.31. The molecule has 0 radical (unpaired) electrons. The second-order valence-corrected chi connectivity index (χ2v) is 11.3. The van der Waals surface area contributed by atoms with Crippen LogP contribution in [0.1, 0.15) is 42.3 Å². The zero-order valence-corrected chi connectivity index (χ0v) is 21.4. The zero-order valence-electron chi connectivity index (χ0n) is 20.6. The van der Waals surface area contributed by atoms with E-state index in [2.05, 4.69) is 10.3 Å². The fraction of sp³-hybridized carbons (Fsp3) is 0.385. The number of hydrogen-bond donors (Lipinski definition) is 1. The van der Waals surface area contributed by atoms with Gasteiger partial charge in [-0.15, -0.1) is 0 Å². The van der Waals surface area contributed by atoms with Crippen molar-refractivity contribution in [3.8, 4) is 0 Å². The van der Waals surface area contributed by atoms with Gasteiger partial charge in [0, 0.05) is 29.9 Å². The van der Waals surface area contributed by atoms with E-state index in [4.69, 9.17) is 4.42 Å². The third-order valence-corrected chi connectivity index (χ3v) is 8.99. The number of ketones is 1. The lowest BCUT2D eigenvalue weighted by Crippen LogP contribution is -2.52. The number of furan rings is 1.